The molecule has 0 amide bonds. The molecule has 1 aliphatic carbocycles. The zero-order chi connectivity index (χ0) is 14.4. The smallest absolute Gasteiger partial charge is 0.0981 e. The first-order valence-corrected chi connectivity index (χ1v) is 6.74. The van der Waals surface area contributed by atoms with Gasteiger partial charge in [0.2, 0.25) is 0 Å². The number of nitrogens with one attached hydrogen (secondary N) is 1. The van der Waals surface area contributed by atoms with Crippen molar-refractivity contribution in [3.63, 3.8) is 0 Å². The van der Waals surface area contributed by atoms with Crippen molar-refractivity contribution < 1.29 is 5.11 Å². The topological polar surface area (TPSA) is 32.3 Å². The molecule has 0 aromatic heterocycles. The van der Waals surface area contributed by atoms with E-state index in [4.69, 9.17) is 0 Å². The summed E-state index contributed by atoms with van der Waals surface area (Å²) in [6, 6.07) is 0. The molecule has 2 nitrogen and oxygen atoms in total. The molecule has 0 heterocycles. The normalized spacial score (nSPS) is 29.9. The van der Waals surface area contributed by atoms with Crippen LogP contribution < -0.4 is 5.32 Å². The van der Waals surface area contributed by atoms with Crippen LogP contribution in [0.25, 0.3) is 0 Å². The summed E-state index contributed by atoms with van der Waals surface area (Å²) in [5.74, 6) is 0. The minimum atomic E-state index is -0.494. The molecule has 2 heteroatoms. The fourth-order valence-electron chi connectivity index (χ4n) is 2.89. The van der Waals surface area contributed by atoms with Gasteiger partial charge in [0.1, 0.15) is 0 Å². The fraction of sp³-hybridized carbons (Fsp3) is 0.750. The first kappa shape index (κ1) is 15.5. The van der Waals surface area contributed by atoms with E-state index in [0.29, 0.717) is 0 Å². The number of aliphatic hydroxyl groups excluding tert-OH is 1. The van der Waals surface area contributed by atoms with Crippen molar-refractivity contribution >= 4 is 0 Å². The van der Waals surface area contributed by atoms with Gasteiger partial charge in [-0.05, 0) is 30.4 Å². The molecule has 1 rings (SSSR count). The van der Waals surface area contributed by atoms with Gasteiger partial charge in [-0.1, -0.05) is 59.3 Å². The molecule has 0 spiro atoms. The Balaban J connectivity index is 3.40. The molecule has 0 bridgehead atoms. The zero-order valence-corrected chi connectivity index (χ0v) is 13.2. The van der Waals surface area contributed by atoms with Crippen LogP contribution in [0.2, 0.25) is 0 Å². The number of aliphatic hydroxyl groups is 1. The number of hydrogen-bond acceptors (Lipinski definition) is 2. The summed E-state index contributed by atoms with van der Waals surface area (Å²) in [5.41, 5.74) is 1.82. The predicted octanol–water partition coefficient (Wildman–Crippen LogP) is 3.28. The number of likely N-dealkylation sites (N-methyl/N-ethyl adjacent to an activating group) is 1. The van der Waals surface area contributed by atoms with Gasteiger partial charge in [-0.15, -0.1) is 0 Å². The lowest BCUT2D eigenvalue weighted by atomic mass is 9.62. The Kier molecular flexibility index (Phi) is 3.86. The van der Waals surface area contributed by atoms with Gasteiger partial charge in [0, 0.05) is 0 Å². The molecule has 2 N–H and O–H groups in total. The minimum Gasteiger partial charge on any atom is -0.386 e. The first-order chi connectivity index (χ1) is 7.95. The molecule has 0 saturated carbocycles. The highest BCUT2D eigenvalue weighted by atomic mass is 16.3. The number of hydrogen-bond donors (Lipinski definition) is 2. The molecule has 0 aliphatic heterocycles. The van der Waals surface area contributed by atoms with Crippen molar-refractivity contribution in [2.24, 2.45) is 10.8 Å². The van der Waals surface area contributed by atoms with Crippen LogP contribution in [0, 0.1) is 10.8 Å². The number of allylic oxidation sites excluding steroid dienone is 2. The average Bonchev–Trinajstić information content (AvgIpc) is 2.17. The van der Waals surface area contributed by atoms with E-state index in [9.17, 15) is 5.11 Å². The van der Waals surface area contributed by atoms with Crippen LogP contribution in [0.5, 0.6) is 0 Å². The third-order valence-corrected chi connectivity index (χ3v) is 4.09. The molecule has 2 atom stereocenters. The molecular weight excluding hydrogens is 222 g/mol. The summed E-state index contributed by atoms with van der Waals surface area (Å²) in [7, 11) is 1.93. The van der Waals surface area contributed by atoms with E-state index in [1.807, 2.05) is 7.05 Å². The Labute approximate surface area is 112 Å². The van der Waals surface area contributed by atoms with E-state index >= 15 is 0 Å². The standard InChI is InChI=1S/C16H29NO/c1-11-9-12(14(2,3)4)13(18)16(10-11,17-8)15(5,6)7/h9-10,13,17-18H,1-8H3. The van der Waals surface area contributed by atoms with Crippen LogP contribution in [0.1, 0.15) is 48.5 Å². The lowest BCUT2D eigenvalue weighted by Gasteiger charge is -2.50. The summed E-state index contributed by atoms with van der Waals surface area (Å²) < 4.78 is 0. The van der Waals surface area contributed by atoms with E-state index in [1.165, 1.54) is 5.57 Å². The Bertz CT molecular complexity index is 379. The fourth-order valence-corrected chi connectivity index (χ4v) is 2.89. The van der Waals surface area contributed by atoms with Gasteiger partial charge < -0.3 is 10.4 Å². The van der Waals surface area contributed by atoms with Gasteiger partial charge in [0.05, 0.1) is 11.6 Å². The van der Waals surface area contributed by atoms with Crippen LogP contribution in [0.3, 0.4) is 0 Å². The van der Waals surface area contributed by atoms with Gasteiger partial charge in [0.15, 0.2) is 0 Å². The molecule has 0 radical (unpaired) electrons. The van der Waals surface area contributed by atoms with Crippen LogP contribution in [-0.4, -0.2) is 23.8 Å². The summed E-state index contributed by atoms with van der Waals surface area (Å²) in [6.07, 6.45) is 3.81. The van der Waals surface area contributed by atoms with Crippen LogP contribution in [0.15, 0.2) is 23.3 Å². The Morgan fingerprint density at radius 3 is 2.00 bits per heavy atom. The highest BCUT2D eigenvalue weighted by molar-refractivity contribution is 5.41. The third-order valence-electron chi connectivity index (χ3n) is 4.09. The second kappa shape index (κ2) is 4.50. The summed E-state index contributed by atoms with van der Waals surface area (Å²) in [5, 5.41) is 14.3. The van der Waals surface area contributed by atoms with Gasteiger partial charge in [-0.3, -0.25) is 0 Å². The molecule has 0 fully saturated rings. The van der Waals surface area contributed by atoms with Crippen molar-refractivity contribution in [3.05, 3.63) is 23.3 Å². The van der Waals surface area contributed by atoms with Crippen LogP contribution in [0.4, 0.5) is 0 Å². The van der Waals surface area contributed by atoms with E-state index in [1.54, 1.807) is 0 Å². The molecule has 18 heavy (non-hydrogen) atoms. The largest absolute Gasteiger partial charge is 0.386 e. The second-order valence-electron chi connectivity index (χ2n) is 7.51. The van der Waals surface area contributed by atoms with E-state index in [2.05, 4.69) is 65.9 Å². The Hall–Kier alpha value is -0.600. The molecule has 104 valence electrons. The molecule has 2 unspecified atom stereocenters. The molecule has 1 aliphatic rings. The monoisotopic (exact) mass is 251 g/mol. The average molecular weight is 251 g/mol. The van der Waals surface area contributed by atoms with Crippen LogP contribution in [-0.2, 0) is 0 Å². The summed E-state index contributed by atoms with van der Waals surface area (Å²) in [4.78, 5) is 0. The van der Waals surface area contributed by atoms with Crippen molar-refractivity contribution in [1.29, 1.82) is 0 Å². The SMILES string of the molecule is CNC1(C(C)(C)C)C=C(C)C=C(C(C)(C)C)C1O. The Morgan fingerprint density at radius 1 is 1.17 bits per heavy atom. The van der Waals surface area contributed by atoms with Gasteiger partial charge >= 0.3 is 0 Å². The molecule has 0 aromatic carbocycles. The highest BCUT2D eigenvalue weighted by Gasteiger charge is 2.49. The maximum absolute atomic E-state index is 10.9. The third kappa shape index (κ3) is 2.41. The predicted molar refractivity (Wildman–Crippen MR) is 78.5 cm³/mol. The van der Waals surface area contributed by atoms with Crippen molar-refractivity contribution in [2.45, 2.75) is 60.1 Å². The minimum absolute atomic E-state index is 0.0255. The maximum atomic E-state index is 10.9. The van der Waals surface area contributed by atoms with E-state index < -0.39 is 11.6 Å². The summed E-state index contributed by atoms with van der Waals surface area (Å²) >= 11 is 0. The van der Waals surface area contributed by atoms with Crippen LogP contribution >= 0.6 is 0 Å². The second-order valence-corrected chi connectivity index (χ2v) is 7.51. The first-order valence-electron chi connectivity index (χ1n) is 6.74. The van der Waals surface area contributed by atoms with Gasteiger partial charge in [0.25, 0.3) is 0 Å². The van der Waals surface area contributed by atoms with E-state index in [0.717, 1.165) is 5.57 Å². The van der Waals surface area contributed by atoms with Crippen molar-refractivity contribution in [2.75, 3.05) is 7.05 Å². The molecular formula is C16H29NO. The zero-order valence-electron chi connectivity index (χ0n) is 13.2. The van der Waals surface area contributed by atoms with Gasteiger partial charge in [-0.25, -0.2) is 0 Å². The molecule has 0 aromatic rings. The number of rotatable bonds is 1. The lowest BCUT2D eigenvalue weighted by Crippen LogP contribution is -2.62. The Morgan fingerprint density at radius 2 is 1.67 bits per heavy atom. The molecule has 0 saturated heterocycles. The maximum Gasteiger partial charge on any atom is 0.0981 e. The highest BCUT2D eigenvalue weighted by Crippen LogP contribution is 2.44. The lowest BCUT2D eigenvalue weighted by molar-refractivity contribution is 0.0351. The van der Waals surface area contributed by atoms with Gasteiger partial charge in [-0.2, -0.15) is 0 Å². The van der Waals surface area contributed by atoms with E-state index in [-0.39, 0.29) is 10.8 Å². The van der Waals surface area contributed by atoms with Crippen molar-refractivity contribution in [3.8, 4) is 0 Å². The quantitative estimate of drug-likeness (QED) is 0.749. The van der Waals surface area contributed by atoms with Crippen molar-refractivity contribution in [1.82, 2.24) is 5.32 Å². The summed E-state index contributed by atoms with van der Waals surface area (Å²) in [6.45, 7) is 15.1.